The van der Waals surface area contributed by atoms with Crippen molar-refractivity contribution in [3.8, 4) is 11.4 Å². The number of tetrazole rings is 1. The standard InChI is InChI=1S/C14H13N7O4/c1-9-14(21(23)24)10(2)19(16-9)7-13(22)25-12-5-3-11(4-6-12)20-8-15-17-18-20/h3-6,8H,7H2,1-2H3. The molecule has 0 aliphatic heterocycles. The van der Waals surface area contributed by atoms with Crippen molar-refractivity contribution in [2.45, 2.75) is 20.4 Å². The molecule has 0 bridgehead atoms. The summed E-state index contributed by atoms with van der Waals surface area (Å²) in [6.07, 6.45) is 1.44. The van der Waals surface area contributed by atoms with Gasteiger partial charge in [0, 0.05) is 0 Å². The van der Waals surface area contributed by atoms with Crippen LogP contribution >= 0.6 is 0 Å². The van der Waals surface area contributed by atoms with E-state index in [1.165, 1.54) is 29.5 Å². The second kappa shape index (κ2) is 6.47. The van der Waals surface area contributed by atoms with Crippen LogP contribution in [0.15, 0.2) is 30.6 Å². The van der Waals surface area contributed by atoms with Gasteiger partial charge in [-0.25, -0.2) is 9.48 Å². The zero-order valence-corrected chi connectivity index (χ0v) is 13.4. The van der Waals surface area contributed by atoms with Crippen LogP contribution in [-0.4, -0.2) is 40.9 Å². The van der Waals surface area contributed by atoms with Crippen LogP contribution in [0.3, 0.4) is 0 Å². The van der Waals surface area contributed by atoms with Gasteiger partial charge in [0.2, 0.25) is 0 Å². The van der Waals surface area contributed by atoms with Crippen molar-refractivity contribution in [3.05, 3.63) is 52.1 Å². The van der Waals surface area contributed by atoms with E-state index >= 15 is 0 Å². The lowest BCUT2D eigenvalue weighted by Gasteiger charge is -2.06. The number of nitro groups is 1. The molecular weight excluding hydrogens is 330 g/mol. The van der Waals surface area contributed by atoms with E-state index in [0.717, 1.165) is 0 Å². The molecule has 128 valence electrons. The van der Waals surface area contributed by atoms with E-state index in [4.69, 9.17) is 4.74 Å². The first-order valence-electron chi connectivity index (χ1n) is 7.18. The summed E-state index contributed by atoms with van der Waals surface area (Å²) in [4.78, 5) is 22.5. The molecule has 1 aromatic carbocycles. The molecule has 0 fully saturated rings. The van der Waals surface area contributed by atoms with Crippen LogP contribution in [0.1, 0.15) is 11.4 Å². The molecule has 0 amide bonds. The Morgan fingerprint density at radius 1 is 1.28 bits per heavy atom. The second-order valence-corrected chi connectivity index (χ2v) is 5.16. The number of ether oxygens (including phenoxy) is 1. The van der Waals surface area contributed by atoms with Gasteiger partial charge >= 0.3 is 11.7 Å². The zero-order chi connectivity index (χ0) is 18.0. The lowest BCUT2D eigenvalue weighted by atomic mass is 10.3. The maximum atomic E-state index is 12.0. The fourth-order valence-electron chi connectivity index (χ4n) is 2.34. The van der Waals surface area contributed by atoms with Crippen LogP contribution in [0.4, 0.5) is 5.69 Å². The van der Waals surface area contributed by atoms with Gasteiger partial charge in [-0.05, 0) is 48.5 Å². The SMILES string of the molecule is Cc1nn(CC(=O)Oc2ccc(-n3cnnn3)cc2)c(C)c1[N+](=O)[O-]. The van der Waals surface area contributed by atoms with Crippen molar-refractivity contribution >= 4 is 11.7 Å². The van der Waals surface area contributed by atoms with Crippen LogP contribution in [0.25, 0.3) is 5.69 Å². The Kier molecular flexibility index (Phi) is 4.20. The molecule has 0 aliphatic carbocycles. The summed E-state index contributed by atoms with van der Waals surface area (Å²) in [6.45, 7) is 2.83. The normalized spacial score (nSPS) is 10.6. The highest BCUT2D eigenvalue weighted by molar-refractivity contribution is 5.72. The topological polar surface area (TPSA) is 131 Å². The molecule has 0 unspecified atom stereocenters. The van der Waals surface area contributed by atoms with Crippen molar-refractivity contribution in [1.82, 2.24) is 30.0 Å². The predicted octanol–water partition coefficient (Wildman–Crippen LogP) is 0.989. The minimum atomic E-state index is -0.587. The number of hydrogen-bond acceptors (Lipinski definition) is 8. The molecule has 2 aromatic heterocycles. The number of carbonyl (C=O) groups is 1. The maximum Gasteiger partial charge on any atom is 0.333 e. The third-order valence-corrected chi connectivity index (χ3v) is 3.49. The Balaban J connectivity index is 1.69. The molecule has 11 heteroatoms. The van der Waals surface area contributed by atoms with Gasteiger partial charge in [-0.3, -0.25) is 14.8 Å². The van der Waals surface area contributed by atoms with E-state index in [1.807, 2.05) is 0 Å². The molecule has 0 spiro atoms. The first-order chi connectivity index (χ1) is 12.0. The molecule has 0 saturated carbocycles. The van der Waals surface area contributed by atoms with E-state index in [1.54, 1.807) is 24.3 Å². The van der Waals surface area contributed by atoms with Gasteiger partial charge in [0.05, 0.1) is 10.6 Å². The summed E-state index contributed by atoms with van der Waals surface area (Å²) in [5.41, 5.74) is 1.16. The van der Waals surface area contributed by atoms with Gasteiger partial charge in [-0.1, -0.05) is 0 Å². The second-order valence-electron chi connectivity index (χ2n) is 5.16. The molecule has 11 nitrogen and oxygen atoms in total. The van der Waals surface area contributed by atoms with Gasteiger partial charge in [-0.2, -0.15) is 5.10 Å². The number of aromatic nitrogens is 6. The predicted molar refractivity (Wildman–Crippen MR) is 83.1 cm³/mol. The molecule has 0 saturated heterocycles. The molecule has 0 radical (unpaired) electrons. The number of nitrogens with zero attached hydrogens (tertiary/aromatic N) is 7. The first-order valence-corrected chi connectivity index (χ1v) is 7.18. The minimum absolute atomic E-state index is 0.0985. The summed E-state index contributed by atoms with van der Waals surface area (Å²) in [7, 11) is 0. The number of esters is 1. The molecule has 3 rings (SSSR count). The fraction of sp³-hybridized carbons (Fsp3) is 0.214. The Labute approximate surface area is 141 Å². The van der Waals surface area contributed by atoms with Crippen LogP contribution in [0.5, 0.6) is 5.75 Å². The molecule has 0 atom stereocenters. The number of aryl methyl sites for hydroxylation is 1. The Bertz CT molecular complexity index is 916. The lowest BCUT2D eigenvalue weighted by molar-refractivity contribution is -0.386. The summed E-state index contributed by atoms with van der Waals surface area (Å²) in [5, 5.41) is 25.8. The third kappa shape index (κ3) is 3.34. The average Bonchev–Trinajstić information content (AvgIpc) is 3.17. The van der Waals surface area contributed by atoms with Crippen LogP contribution in [0.2, 0.25) is 0 Å². The van der Waals surface area contributed by atoms with E-state index in [2.05, 4.69) is 20.6 Å². The van der Waals surface area contributed by atoms with E-state index < -0.39 is 10.9 Å². The fourth-order valence-corrected chi connectivity index (χ4v) is 2.34. The number of hydrogen-bond donors (Lipinski definition) is 0. The zero-order valence-electron chi connectivity index (χ0n) is 13.4. The molecule has 3 aromatic rings. The Morgan fingerprint density at radius 2 is 2.00 bits per heavy atom. The van der Waals surface area contributed by atoms with Crippen molar-refractivity contribution < 1.29 is 14.5 Å². The highest BCUT2D eigenvalue weighted by Gasteiger charge is 2.23. The van der Waals surface area contributed by atoms with Gasteiger partial charge in [0.1, 0.15) is 30.0 Å². The third-order valence-electron chi connectivity index (χ3n) is 3.49. The Hall–Kier alpha value is -3.63. The van der Waals surface area contributed by atoms with E-state index in [-0.39, 0.29) is 17.9 Å². The van der Waals surface area contributed by atoms with E-state index in [0.29, 0.717) is 17.1 Å². The van der Waals surface area contributed by atoms with E-state index in [9.17, 15) is 14.9 Å². The number of rotatable bonds is 5. The van der Waals surface area contributed by atoms with Crippen LogP contribution < -0.4 is 4.74 Å². The average molecular weight is 343 g/mol. The summed E-state index contributed by atoms with van der Waals surface area (Å²) >= 11 is 0. The van der Waals surface area contributed by atoms with Crippen molar-refractivity contribution in [2.75, 3.05) is 0 Å². The van der Waals surface area contributed by atoms with Crippen molar-refractivity contribution in [1.29, 1.82) is 0 Å². The smallest absolute Gasteiger partial charge is 0.333 e. The van der Waals surface area contributed by atoms with Gasteiger partial charge in [-0.15, -0.1) is 5.10 Å². The first kappa shape index (κ1) is 16.2. The summed E-state index contributed by atoms with van der Waals surface area (Å²) in [5.74, 6) is -0.256. The molecule has 25 heavy (non-hydrogen) atoms. The van der Waals surface area contributed by atoms with Gasteiger partial charge in [0.15, 0.2) is 0 Å². The quantitative estimate of drug-likeness (QED) is 0.290. The highest BCUT2D eigenvalue weighted by Crippen LogP contribution is 2.22. The molecular formula is C14H13N7O4. The lowest BCUT2D eigenvalue weighted by Crippen LogP contribution is -2.18. The largest absolute Gasteiger partial charge is 0.425 e. The Morgan fingerprint density at radius 3 is 2.56 bits per heavy atom. The van der Waals surface area contributed by atoms with Crippen LogP contribution in [0, 0.1) is 24.0 Å². The monoisotopic (exact) mass is 343 g/mol. The molecule has 2 heterocycles. The summed E-state index contributed by atoms with van der Waals surface area (Å²) < 4.78 is 7.94. The summed E-state index contributed by atoms with van der Waals surface area (Å²) in [6, 6.07) is 6.57. The number of carbonyl (C=O) groups excluding carboxylic acids is 1. The van der Waals surface area contributed by atoms with Crippen LogP contribution in [-0.2, 0) is 11.3 Å². The minimum Gasteiger partial charge on any atom is -0.425 e. The number of benzene rings is 1. The van der Waals surface area contributed by atoms with Crippen molar-refractivity contribution in [3.63, 3.8) is 0 Å². The molecule has 0 N–H and O–H groups in total. The molecule has 0 aliphatic rings. The highest BCUT2D eigenvalue weighted by atomic mass is 16.6. The van der Waals surface area contributed by atoms with Crippen molar-refractivity contribution in [2.24, 2.45) is 0 Å². The van der Waals surface area contributed by atoms with Gasteiger partial charge < -0.3 is 4.74 Å². The van der Waals surface area contributed by atoms with Gasteiger partial charge in [0.25, 0.3) is 0 Å². The maximum absolute atomic E-state index is 12.0.